The normalized spacial score (nSPS) is 18.6. The average molecular weight is 365 g/mol. The second-order valence-electron chi connectivity index (χ2n) is 8.71. The van der Waals surface area contributed by atoms with Gasteiger partial charge in [-0.2, -0.15) is 0 Å². The van der Waals surface area contributed by atoms with Gasteiger partial charge in [-0.25, -0.2) is 0 Å². The Hall–Kier alpha value is -1.86. The molecule has 1 aromatic carbocycles. The van der Waals surface area contributed by atoms with Crippen molar-refractivity contribution < 1.29 is 5.11 Å². The lowest BCUT2D eigenvalue weighted by molar-refractivity contribution is 0.0777. The summed E-state index contributed by atoms with van der Waals surface area (Å²) in [6.45, 7) is 19.4. The highest BCUT2D eigenvalue weighted by Gasteiger charge is 2.31. The molecule has 1 aliphatic carbocycles. The lowest BCUT2D eigenvalue weighted by atomic mass is 9.72. The average Bonchev–Trinajstić information content (AvgIpc) is 2.62. The first kappa shape index (κ1) is 21.4. The summed E-state index contributed by atoms with van der Waals surface area (Å²) in [7, 11) is 0. The van der Waals surface area contributed by atoms with Crippen molar-refractivity contribution in [1.29, 1.82) is 0 Å². The number of aliphatic hydroxyl groups excluding tert-OH is 1. The Balaban J connectivity index is 2.36. The van der Waals surface area contributed by atoms with Crippen molar-refractivity contribution in [3.63, 3.8) is 0 Å². The first-order valence-corrected chi connectivity index (χ1v) is 10.1. The van der Waals surface area contributed by atoms with Crippen LogP contribution in [0.2, 0.25) is 0 Å². The molecule has 0 fully saturated rings. The van der Waals surface area contributed by atoms with Crippen molar-refractivity contribution in [2.45, 2.75) is 66.4 Å². The van der Waals surface area contributed by atoms with Gasteiger partial charge in [-0.3, -0.25) is 0 Å². The van der Waals surface area contributed by atoms with E-state index in [1.807, 2.05) is 0 Å². The molecule has 1 heteroatoms. The van der Waals surface area contributed by atoms with E-state index >= 15 is 0 Å². The van der Waals surface area contributed by atoms with Gasteiger partial charge < -0.3 is 5.11 Å². The van der Waals surface area contributed by atoms with Crippen molar-refractivity contribution in [1.82, 2.24) is 0 Å². The Morgan fingerprint density at radius 3 is 2.33 bits per heavy atom. The Labute approximate surface area is 166 Å². The number of benzene rings is 1. The number of hydrogen-bond donors (Lipinski definition) is 1. The van der Waals surface area contributed by atoms with Crippen LogP contribution in [0, 0.1) is 11.8 Å². The van der Waals surface area contributed by atoms with Gasteiger partial charge in [0, 0.05) is 5.92 Å². The van der Waals surface area contributed by atoms with Gasteiger partial charge in [0.05, 0.1) is 6.10 Å². The van der Waals surface area contributed by atoms with Gasteiger partial charge in [0.2, 0.25) is 0 Å². The molecule has 27 heavy (non-hydrogen) atoms. The molecule has 0 radical (unpaired) electrons. The summed E-state index contributed by atoms with van der Waals surface area (Å²) in [5.41, 5.74) is 9.26. The van der Waals surface area contributed by atoms with Crippen LogP contribution in [0.25, 0.3) is 5.57 Å². The largest absolute Gasteiger partial charge is 0.392 e. The molecule has 0 aliphatic heterocycles. The third kappa shape index (κ3) is 5.56. The molecule has 0 saturated heterocycles. The Bertz CT molecular complexity index is 742. The van der Waals surface area contributed by atoms with Crippen molar-refractivity contribution in [3.05, 3.63) is 76.9 Å². The molecular formula is C26H36O. The predicted molar refractivity (Wildman–Crippen MR) is 118 cm³/mol. The number of allylic oxidation sites excluding steroid dienone is 5. The molecule has 0 amide bonds. The topological polar surface area (TPSA) is 20.2 Å². The summed E-state index contributed by atoms with van der Waals surface area (Å²) in [6.07, 6.45) is 3.26. The minimum atomic E-state index is -0.336. The summed E-state index contributed by atoms with van der Waals surface area (Å²) < 4.78 is 0. The maximum absolute atomic E-state index is 10.7. The van der Waals surface area contributed by atoms with E-state index in [4.69, 9.17) is 0 Å². The lowest BCUT2D eigenvalue weighted by Gasteiger charge is -2.35. The van der Waals surface area contributed by atoms with Crippen molar-refractivity contribution in [2.24, 2.45) is 11.8 Å². The third-order valence-electron chi connectivity index (χ3n) is 5.87. The van der Waals surface area contributed by atoms with E-state index in [0.29, 0.717) is 0 Å². The zero-order chi connectivity index (χ0) is 20.1. The van der Waals surface area contributed by atoms with Crippen molar-refractivity contribution >= 4 is 5.57 Å². The molecule has 0 heterocycles. The van der Waals surface area contributed by atoms with E-state index in [2.05, 4.69) is 78.1 Å². The van der Waals surface area contributed by atoms with E-state index in [9.17, 15) is 5.11 Å². The van der Waals surface area contributed by atoms with E-state index in [0.717, 1.165) is 31.3 Å². The van der Waals surface area contributed by atoms with E-state index in [1.165, 1.54) is 33.4 Å². The van der Waals surface area contributed by atoms with Gasteiger partial charge in [0.15, 0.2) is 0 Å². The molecule has 1 nitrogen and oxygen atoms in total. The number of rotatable bonds is 7. The van der Waals surface area contributed by atoms with Crippen LogP contribution in [-0.2, 0) is 0 Å². The number of aliphatic hydroxyl groups is 1. The fraction of sp³-hybridized carbons (Fsp3) is 0.462. The first-order chi connectivity index (χ1) is 12.7. The molecule has 0 spiro atoms. The molecule has 1 aliphatic rings. The molecule has 0 saturated carbocycles. The second-order valence-corrected chi connectivity index (χ2v) is 8.71. The molecule has 2 atom stereocenters. The SMILES string of the molecule is C=C(CC(C)=C(C)C)CC1=C(c2ccccc2)CC(=C)[C@@H]([C@H](O)C(C)C)C1. The second kappa shape index (κ2) is 9.37. The van der Waals surface area contributed by atoms with Gasteiger partial charge in [-0.15, -0.1) is 0 Å². The van der Waals surface area contributed by atoms with Crippen LogP contribution in [0.1, 0.15) is 65.9 Å². The van der Waals surface area contributed by atoms with Crippen molar-refractivity contribution in [3.8, 4) is 0 Å². The highest BCUT2D eigenvalue weighted by Crippen LogP contribution is 2.43. The zero-order valence-corrected chi connectivity index (χ0v) is 17.8. The van der Waals surface area contributed by atoms with E-state index in [-0.39, 0.29) is 17.9 Å². The fourth-order valence-electron chi connectivity index (χ4n) is 3.88. The lowest BCUT2D eigenvalue weighted by Crippen LogP contribution is -2.30. The van der Waals surface area contributed by atoms with Gasteiger partial charge in [0.25, 0.3) is 0 Å². The van der Waals surface area contributed by atoms with Gasteiger partial charge in [-0.1, -0.05) is 85.2 Å². The molecule has 0 bridgehead atoms. The smallest absolute Gasteiger partial charge is 0.0631 e. The summed E-state index contributed by atoms with van der Waals surface area (Å²) in [6, 6.07) is 10.6. The van der Waals surface area contributed by atoms with Crippen LogP contribution in [0.4, 0.5) is 0 Å². The molecular weight excluding hydrogens is 328 g/mol. The standard InChI is InChI=1S/C26H36O/c1-17(2)20(6)13-19(5)14-23-16-24(26(27)18(3)4)21(7)15-25(23)22-11-9-8-10-12-22/h8-12,18,24,26-27H,5,7,13-16H2,1-4,6H3/t24-,26+/m0/s1. The summed E-state index contributed by atoms with van der Waals surface area (Å²) in [5, 5.41) is 10.7. The van der Waals surface area contributed by atoms with Crippen molar-refractivity contribution in [2.75, 3.05) is 0 Å². The fourth-order valence-corrected chi connectivity index (χ4v) is 3.88. The Morgan fingerprint density at radius 2 is 1.78 bits per heavy atom. The quantitative estimate of drug-likeness (QED) is 0.511. The Morgan fingerprint density at radius 1 is 1.15 bits per heavy atom. The predicted octanol–water partition coefficient (Wildman–Crippen LogP) is 7.12. The monoisotopic (exact) mass is 364 g/mol. The van der Waals surface area contributed by atoms with Crippen LogP contribution in [0.5, 0.6) is 0 Å². The molecule has 0 aromatic heterocycles. The highest BCUT2D eigenvalue weighted by molar-refractivity contribution is 5.72. The third-order valence-corrected chi connectivity index (χ3v) is 5.87. The number of hydrogen-bond acceptors (Lipinski definition) is 1. The molecule has 0 unspecified atom stereocenters. The minimum Gasteiger partial charge on any atom is -0.392 e. The van der Waals surface area contributed by atoms with Crippen LogP contribution >= 0.6 is 0 Å². The summed E-state index contributed by atoms with van der Waals surface area (Å²) in [4.78, 5) is 0. The van der Waals surface area contributed by atoms with Crippen LogP contribution in [-0.4, -0.2) is 11.2 Å². The highest BCUT2D eigenvalue weighted by atomic mass is 16.3. The molecule has 1 aromatic rings. The van der Waals surface area contributed by atoms with Gasteiger partial charge >= 0.3 is 0 Å². The van der Waals surface area contributed by atoms with E-state index < -0.39 is 0 Å². The van der Waals surface area contributed by atoms with Crippen LogP contribution in [0.3, 0.4) is 0 Å². The van der Waals surface area contributed by atoms with E-state index in [1.54, 1.807) is 0 Å². The molecule has 1 N–H and O–H groups in total. The Kier molecular flexibility index (Phi) is 7.44. The minimum absolute atomic E-state index is 0.143. The molecule has 2 rings (SSSR count). The first-order valence-electron chi connectivity index (χ1n) is 10.1. The summed E-state index contributed by atoms with van der Waals surface area (Å²) in [5.74, 6) is 0.382. The maximum Gasteiger partial charge on any atom is 0.0631 e. The molecule has 146 valence electrons. The van der Waals surface area contributed by atoms with Gasteiger partial charge in [-0.05, 0) is 63.5 Å². The van der Waals surface area contributed by atoms with Crippen LogP contribution in [0.15, 0.2) is 71.4 Å². The maximum atomic E-state index is 10.7. The van der Waals surface area contributed by atoms with Gasteiger partial charge in [0.1, 0.15) is 0 Å². The summed E-state index contributed by atoms with van der Waals surface area (Å²) >= 11 is 0. The zero-order valence-electron chi connectivity index (χ0n) is 17.8. The van der Waals surface area contributed by atoms with Crippen LogP contribution < -0.4 is 0 Å².